The van der Waals surface area contributed by atoms with E-state index in [9.17, 15) is 0 Å². The normalized spacial score (nSPS) is 29.8. The lowest BCUT2D eigenvalue weighted by Crippen LogP contribution is -2.43. The lowest BCUT2D eigenvalue weighted by Gasteiger charge is -2.24. The highest BCUT2D eigenvalue weighted by molar-refractivity contribution is 14.0. The van der Waals surface area contributed by atoms with Gasteiger partial charge in [0.25, 0.3) is 0 Å². The third kappa shape index (κ3) is 6.95. The van der Waals surface area contributed by atoms with E-state index >= 15 is 0 Å². The molecule has 2 aliphatic rings. The number of hydrogen-bond donors (Lipinski definition) is 2. The van der Waals surface area contributed by atoms with E-state index in [0.29, 0.717) is 10.9 Å². The van der Waals surface area contributed by atoms with E-state index < -0.39 is 0 Å². The summed E-state index contributed by atoms with van der Waals surface area (Å²) in [6.07, 6.45) is 6.63. The molecule has 2 heterocycles. The Morgan fingerprint density at radius 2 is 2.19 bits per heavy atom. The van der Waals surface area contributed by atoms with Crippen LogP contribution in [-0.4, -0.2) is 48.8 Å². The monoisotopic (exact) mass is 427 g/mol. The van der Waals surface area contributed by atoms with Gasteiger partial charge in [-0.15, -0.1) is 24.0 Å². The maximum atomic E-state index is 5.75. The molecule has 0 radical (unpaired) electrons. The maximum Gasteiger partial charge on any atom is 0.191 e. The molecule has 2 N–H and O–H groups in total. The Balaban J connectivity index is 0.00000220. The van der Waals surface area contributed by atoms with Gasteiger partial charge in [0.15, 0.2) is 5.96 Å². The van der Waals surface area contributed by atoms with Crippen LogP contribution in [0.1, 0.15) is 46.0 Å². The maximum absolute atomic E-state index is 5.75. The average Bonchev–Trinajstić information content (AvgIpc) is 2.90. The van der Waals surface area contributed by atoms with E-state index in [1.54, 1.807) is 0 Å². The molecule has 0 amide bonds. The van der Waals surface area contributed by atoms with E-state index in [2.05, 4.69) is 36.2 Å². The van der Waals surface area contributed by atoms with Crippen molar-refractivity contribution in [2.75, 3.05) is 32.0 Å². The predicted molar refractivity (Wildman–Crippen MR) is 103 cm³/mol. The van der Waals surface area contributed by atoms with Crippen LogP contribution in [0.4, 0.5) is 0 Å². The number of halogens is 1. The second-order valence-electron chi connectivity index (χ2n) is 5.97. The predicted octanol–water partition coefficient (Wildman–Crippen LogP) is 3.01. The molecule has 0 bridgehead atoms. The van der Waals surface area contributed by atoms with Crippen molar-refractivity contribution >= 4 is 41.7 Å². The van der Waals surface area contributed by atoms with Gasteiger partial charge in [0.05, 0.1) is 12.6 Å². The summed E-state index contributed by atoms with van der Waals surface area (Å²) in [5, 5.41) is 6.77. The van der Waals surface area contributed by atoms with Crippen LogP contribution < -0.4 is 10.6 Å². The zero-order valence-electron chi connectivity index (χ0n) is 13.3. The lowest BCUT2D eigenvalue weighted by atomic mass is 10.1. The second kappa shape index (κ2) is 10.2. The van der Waals surface area contributed by atoms with Gasteiger partial charge in [0, 0.05) is 24.4 Å². The van der Waals surface area contributed by atoms with E-state index in [1.807, 2.05) is 0 Å². The zero-order chi connectivity index (χ0) is 14.3. The van der Waals surface area contributed by atoms with Gasteiger partial charge in [-0.05, 0) is 51.7 Å². The van der Waals surface area contributed by atoms with Crippen molar-refractivity contribution in [3.63, 3.8) is 0 Å². The number of nitrogens with one attached hydrogen (secondary N) is 2. The Bertz CT molecular complexity index is 316. The molecule has 0 aliphatic carbocycles. The van der Waals surface area contributed by atoms with Crippen molar-refractivity contribution in [3.8, 4) is 0 Å². The summed E-state index contributed by atoms with van der Waals surface area (Å²) in [7, 11) is 0. The molecule has 21 heavy (non-hydrogen) atoms. The van der Waals surface area contributed by atoms with Crippen LogP contribution in [0.25, 0.3) is 0 Å². The van der Waals surface area contributed by atoms with Crippen molar-refractivity contribution in [2.24, 2.45) is 4.99 Å². The summed E-state index contributed by atoms with van der Waals surface area (Å²) in [5.41, 5.74) is 0. The smallest absolute Gasteiger partial charge is 0.191 e. The summed E-state index contributed by atoms with van der Waals surface area (Å²) >= 11 is 2.06. The Morgan fingerprint density at radius 1 is 1.33 bits per heavy atom. The minimum atomic E-state index is 0. The van der Waals surface area contributed by atoms with Crippen LogP contribution in [0.5, 0.6) is 0 Å². The van der Waals surface area contributed by atoms with Crippen molar-refractivity contribution < 1.29 is 4.74 Å². The molecule has 6 heteroatoms. The number of rotatable bonds is 5. The number of hydrogen-bond acceptors (Lipinski definition) is 3. The number of guanidine groups is 1. The van der Waals surface area contributed by atoms with Crippen molar-refractivity contribution in [3.05, 3.63) is 0 Å². The highest BCUT2D eigenvalue weighted by Crippen LogP contribution is 2.37. The van der Waals surface area contributed by atoms with Crippen LogP contribution in [0.15, 0.2) is 4.99 Å². The van der Waals surface area contributed by atoms with Gasteiger partial charge >= 0.3 is 0 Å². The summed E-state index contributed by atoms with van der Waals surface area (Å²) < 4.78 is 6.09. The summed E-state index contributed by atoms with van der Waals surface area (Å²) in [4.78, 5) is 4.77. The van der Waals surface area contributed by atoms with Crippen molar-refractivity contribution in [1.82, 2.24) is 10.6 Å². The molecule has 2 aliphatic heterocycles. The van der Waals surface area contributed by atoms with Gasteiger partial charge in [-0.2, -0.15) is 11.8 Å². The van der Waals surface area contributed by atoms with Gasteiger partial charge in [-0.25, -0.2) is 0 Å². The summed E-state index contributed by atoms with van der Waals surface area (Å²) in [5.74, 6) is 2.22. The van der Waals surface area contributed by atoms with Crippen LogP contribution in [0, 0.1) is 0 Å². The minimum absolute atomic E-state index is 0. The first-order valence-electron chi connectivity index (χ1n) is 7.99. The topological polar surface area (TPSA) is 45.7 Å². The molecule has 2 atom stereocenters. The molecule has 2 saturated heterocycles. The van der Waals surface area contributed by atoms with Crippen LogP contribution in [-0.2, 0) is 4.74 Å². The minimum Gasteiger partial charge on any atom is -0.376 e. The van der Waals surface area contributed by atoms with Crippen LogP contribution in [0.3, 0.4) is 0 Å². The van der Waals surface area contributed by atoms with E-state index in [4.69, 9.17) is 9.73 Å². The molecule has 124 valence electrons. The Morgan fingerprint density at radius 3 is 2.81 bits per heavy atom. The van der Waals surface area contributed by atoms with Gasteiger partial charge < -0.3 is 15.4 Å². The molecule has 2 rings (SSSR count). The third-order valence-electron chi connectivity index (χ3n) is 3.99. The zero-order valence-corrected chi connectivity index (χ0v) is 16.5. The second-order valence-corrected chi connectivity index (χ2v) is 7.65. The first-order chi connectivity index (χ1) is 9.72. The largest absolute Gasteiger partial charge is 0.376 e. The molecule has 0 aromatic rings. The third-order valence-corrected chi connectivity index (χ3v) is 5.51. The SMILES string of the molecule is CCNC(=NCC1(C)CCCS1)NCC1CCCCO1.I. The van der Waals surface area contributed by atoms with Crippen LogP contribution in [0.2, 0.25) is 0 Å². The molecule has 4 nitrogen and oxygen atoms in total. The molecule has 2 unspecified atom stereocenters. The number of ether oxygens (including phenoxy) is 1. The highest BCUT2D eigenvalue weighted by Gasteiger charge is 2.29. The van der Waals surface area contributed by atoms with Crippen LogP contribution >= 0.6 is 35.7 Å². The fourth-order valence-electron chi connectivity index (χ4n) is 2.73. The van der Waals surface area contributed by atoms with Gasteiger partial charge in [0.2, 0.25) is 0 Å². The van der Waals surface area contributed by atoms with E-state index in [0.717, 1.165) is 32.2 Å². The molecule has 0 aromatic heterocycles. The van der Waals surface area contributed by atoms with E-state index in [-0.39, 0.29) is 24.0 Å². The first kappa shape index (κ1) is 19.4. The molecule has 2 fully saturated rings. The first-order valence-corrected chi connectivity index (χ1v) is 8.98. The Hall–Kier alpha value is 0.310. The molecule has 0 saturated carbocycles. The Labute approximate surface area is 150 Å². The number of aliphatic imine (C=N–C) groups is 1. The van der Waals surface area contributed by atoms with Crippen molar-refractivity contribution in [2.45, 2.75) is 56.8 Å². The standard InChI is InChI=1S/C15H29N3OS.HI/c1-3-16-14(17-11-13-7-4-5-9-19-13)18-12-15(2)8-6-10-20-15;/h13H,3-12H2,1-2H3,(H2,16,17,18);1H. The highest BCUT2D eigenvalue weighted by atomic mass is 127. The van der Waals surface area contributed by atoms with Gasteiger partial charge in [0.1, 0.15) is 0 Å². The van der Waals surface area contributed by atoms with E-state index in [1.165, 1.54) is 37.9 Å². The fourth-order valence-corrected chi connectivity index (χ4v) is 3.95. The molecular formula is C15H30IN3OS. The van der Waals surface area contributed by atoms with Gasteiger partial charge in [-0.1, -0.05) is 0 Å². The average molecular weight is 427 g/mol. The number of thioether (sulfide) groups is 1. The number of nitrogens with zero attached hydrogens (tertiary/aromatic N) is 1. The molecule has 0 spiro atoms. The fraction of sp³-hybridized carbons (Fsp3) is 0.933. The summed E-state index contributed by atoms with van der Waals surface area (Å²) in [6.45, 7) is 8.03. The van der Waals surface area contributed by atoms with Crippen molar-refractivity contribution in [1.29, 1.82) is 0 Å². The molecular weight excluding hydrogens is 397 g/mol. The quantitative estimate of drug-likeness (QED) is 0.402. The Kier molecular flexibility index (Phi) is 9.36. The lowest BCUT2D eigenvalue weighted by molar-refractivity contribution is 0.0194. The molecule has 0 aromatic carbocycles. The van der Waals surface area contributed by atoms with Gasteiger partial charge in [-0.3, -0.25) is 4.99 Å². The summed E-state index contributed by atoms with van der Waals surface area (Å²) in [6, 6.07) is 0.